The molecule has 1 aromatic carbocycles. The van der Waals surface area contributed by atoms with Crippen molar-refractivity contribution in [3.8, 4) is 11.5 Å². The molecule has 0 saturated heterocycles. The highest BCUT2D eigenvalue weighted by atomic mass is 19.3. The van der Waals surface area contributed by atoms with Crippen LogP contribution in [-0.4, -0.2) is 15.2 Å². The highest BCUT2D eigenvalue weighted by Gasteiger charge is 2.17. The summed E-state index contributed by atoms with van der Waals surface area (Å²) in [5.41, 5.74) is 8.54. The van der Waals surface area contributed by atoms with Gasteiger partial charge in [0.25, 0.3) is 5.89 Å². The van der Waals surface area contributed by atoms with Gasteiger partial charge in [-0.25, -0.2) is 0 Å². The summed E-state index contributed by atoms with van der Waals surface area (Å²) in [6.07, 6.45) is -1.29. The maximum Gasteiger partial charge on any atom is 0.314 e. The zero-order valence-corrected chi connectivity index (χ0v) is 11.9. The lowest BCUT2D eigenvalue weighted by atomic mass is 10.2. The summed E-state index contributed by atoms with van der Waals surface area (Å²) in [6.45, 7) is 0.473. The fraction of sp³-hybridized carbons (Fsp3) is 0.133. The standard InChI is InChI=1S/C15H13F2N5O/c16-13(17)15-22-21-14(23-15)9-5-6-10(19-7-9)8-20-12-4-2-1-3-11(12)18/h1-7,13,20H,8,18H2. The van der Waals surface area contributed by atoms with Gasteiger partial charge in [0.05, 0.1) is 29.2 Å². The minimum absolute atomic E-state index is 0.0135. The van der Waals surface area contributed by atoms with E-state index in [-0.39, 0.29) is 5.89 Å². The van der Waals surface area contributed by atoms with Gasteiger partial charge < -0.3 is 15.5 Å². The highest BCUT2D eigenvalue weighted by molar-refractivity contribution is 5.65. The van der Waals surface area contributed by atoms with Gasteiger partial charge in [0, 0.05) is 6.20 Å². The zero-order valence-electron chi connectivity index (χ0n) is 11.9. The molecule has 3 N–H and O–H groups in total. The Morgan fingerprint density at radius 1 is 1.13 bits per heavy atom. The Morgan fingerprint density at radius 3 is 2.61 bits per heavy atom. The van der Waals surface area contributed by atoms with Crippen molar-refractivity contribution in [3.05, 3.63) is 54.2 Å². The molecule has 0 amide bonds. The first-order valence-electron chi connectivity index (χ1n) is 6.78. The lowest BCUT2D eigenvalue weighted by Crippen LogP contribution is -2.03. The average molecular weight is 317 g/mol. The quantitative estimate of drug-likeness (QED) is 0.702. The third-order valence-corrected chi connectivity index (χ3v) is 3.12. The average Bonchev–Trinajstić information content (AvgIpc) is 3.05. The van der Waals surface area contributed by atoms with E-state index in [1.807, 2.05) is 18.2 Å². The fourth-order valence-corrected chi connectivity index (χ4v) is 1.94. The molecule has 23 heavy (non-hydrogen) atoms. The first-order chi connectivity index (χ1) is 11.1. The number of nitrogen functional groups attached to an aromatic ring is 1. The number of benzene rings is 1. The van der Waals surface area contributed by atoms with Crippen molar-refractivity contribution in [1.29, 1.82) is 0 Å². The van der Waals surface area contributed by atoms with Crippen LogP contribution in [0.2, 0.25) is 0 Å². The molecular formula is C15H13F2N5O. The van der Waals surface area contributed by atoms with Gasteiger partial charge in [-0.3, -0.25) is 4.98 Å². The molecule has 0 fully saturated rings. The number of para-hydroxylation sites is 2. The lowest BCUT2D eigenvalue weighted by molar-refractivity contribution is 0.116. The van der Waals surface area contributed by atoms with Gasteiger partial charge in [0.1, 0.15) is 0 Å². The van der Waals surface area contributed by atoms with E-state index in [9.17, 15) is 8.78 Å². The monoisotopic (exact) mass is 317 g/mol. The van der Waals surface area contributed by atoms with E-state index >= 15 is 0 Å². The van der Waals surface area contributed by atoms with E-state index in [1.54, 1.807) is 18.2 Å². The molecule has 0 atom stereocenters. The molecule has 0 bridgehead atoms. The van der Waals surface area contributed by atoms with E-state index in [2.05, 4.69) is 20.5 Å². The normalized spacial score (nSPS) is 10.9. The zero-order chi connectivity index (χ0) is 16.2. The fourth-order valence-electron chi connectivity index (χ4n) is 1.94. The van der Waals surface area contributed by atoms with Crippen LogP contribution < -0.4 is 11.1 Å². The van der Waals surface area contributed by atoms with Crippen LogP contribution in [0.25, 0.3) is 11.5 Å². The van der Waals surface area contributed by atoms with Crippen LogP contribution in [0.1, 0.15) is 18.0 Å². The van der Waals surface area contributed by atoms with Gasteiger partial charge in [0.15, 0.2) is 0 Å². The summed E-state index contributed by atoms with van der Waals surface area (Å²) >= 11 is 0. The summed E-state index contributed by atoms with van der Waals surface area (Å²) < 4.78 is 29.7. The molecular weight excluding hydrogens is 304 g/mol. The van der Waals surface area contributed by atoms with Gasteiger partial charge in [-0.05, 0) is 24.3 Å². The molecule has 8 heteroatoms. The number of aromatic nitrogens is 3. The molecule has 118 valence electrons. The minimum Gasteiger partial charge on any atom is -0.415 e. The van der Waals surface area contributed by atoms with Gasteiger partial charge in [-0.1, -0.05) is 12.1 Å². The number of nitrogens with two attached hydrogens (primary N) is 1. The van der Waals surface area contributed by atoms with Crippen LogP contribution >= 0.6 is 0 Å². The molecule has 0 aliphatic rings. The van der Waals surface area contributed by atoms with E-state index in [4.69, 9.17) is 10.2 Å². The minimum atomic E-state index is -2.79. The molecule has 0 unspecified atom stereocenters. The molecule has 0 aliphatic carbocycles. The number of nitrogens with zero attached hydrogens (tertiary/aromatic N) is 3. The van der Waals surface area contributed by atoms with Crippen LogP contribution in [0.5, 0.6) is 0 Å². The van der Waals surface area contributed by atoms with Crippen LogP contribution in [0.15, 0.2) is 47.0 Å². The Kier molecular flexibility index (Phi) is 4.13. The number of pyridine rings is 1. The summed E-state index contributed by atoms with van der Waals surface area (Å²) in [7, 11) is 0. The molecule has 0 spiro atoms. The molecule has 6 nitrogen and oxygen atoms in total. The molecule has 2 aromatic heterocycles. The highest BCUT2D eigenvalue weighted by Crippen LogP contribution is 2.23. The maximum absolute atomic E-state index is 12.4. The van der Waals surface area contributed by atoms with Crippen molar-refractivity contribution >= 4 is 11.4 Å². The molecule has 2 heterocycles. The van der Waals surface area contributed by atoms with Gasteiger partial charge in [-0.2, -0.15) is 8.78 Å². The van der Waals surface area contributed by atoms with Gasteiger partial charge >= 0.3 is 6.43 Å². The molecule has 3 rings (SSSR count). The summed E-state index contributed by atoms with van der Waals surface area (Å²) in [4.78, 5) is 4.24. The number of alkyl halides is 2. The Hall–Kier alpha value is -3.03. The molecule has 0 saturated carbocycles. The number of hydrogen-bond donors (Lipinski definition) is 2. The van der Waals surface area contributed by atoms with Crippen molar-refractivity contribution in [2.24, 2.45) is 0 Å². The Morgan fingerprint density at radius 2 is 1.96 bits per heavy atom. The predicted octanol–water partition coefficient (Wildman–Crippen LogP) is 3.26. The van der Waals surface area contributed by atoms with Crippen molar-refractivity contribution in [1.82, 2.24) is 15.2 Å². The van der Waals surface area contributed by atoms with E-state index in [0.29, 0.717) is 17.8 Å². The second-order valence-corrected chi connectivity index (χ2v) is 4.73. The molecule has 3 aromatic rings. The number of nitrogens with one attached hydrogen (secondary N) is 1. The Balaban J connectivity index is 1.68. The van der Waals surface area contributed by atoms with Gasteiger partial charge in [-0.15, -0.1) is 10.2 Å². The second kappa shape index (κ2) is 6.39. The summed E-state index contributed by atoms with van der Waals surface area (Å²) in [5, 5.41) is 10.0. The number of anilines is 2. The summed E-state index contributed by atoms with van der Waals surface area (Å²) in [6, 6.07) is 10.8. The van der Waals surface area contributed by atoms with Crippen molar-refractivity contribution in [2.45, 2.75) is 13.0 Å². The second-order valence-electron chi connectivity index (χ2n) is 4.73. The van der Waals surface area contributed by atoms with Gasteiger partial charge in [0.2, 0.25) is 5.89 Å². The van der Waals surface area contributed by atoms with Crippen LogP contribution in [0, 0.1) is 0 Å². The van der Waals surface area contributed by atoms with Crippen LogP contribution in [-0.2, 0) is 6.54 Å². The first kappa shape index (κ1) is 14.9. The number of halogens is 2. The topological polar surface area (TPSA) is 89.9 Å². The van der Waals surface area contributed by atoms with E-state index in [1.165, 1.54) is 6.20 Å². The molecule has 0 aliphatic heterocycles. The van der Waals surface area contributed by atoms with Crippen molar-refractivity contribution in [3.63, 3.8) is 0 Å². The Labute approximate surface area is 130 Å². The first-order valence-corrected chi connectivity index (χ1v) is 6.78. The van der Waals surface area contributed by atoms with Crippen molar-refractivity contribution < 1.29 is 13.2 Å². The number of rotatable bonds is 5. The molecule has 0 radical (unpaired) electrons. The SMILES string of the molecule is Nc1ccccc1NCc1ccc(-c2nnc(C(F)F)o2)cn1. The maximum atomic E-state index is 12.4. The van der Waals surface area contributed by atoms with Crippen molar-refractivity contribution in [2.75, 3.05) is 11.1 Å². The van der Waals surface area contributed by atoms with Crippen LogP contribution in [0.3, 0.4) is 0 Å². The summed E-state index contributed by atoms with van der Waals surface area (Å²) in [5.74, 6) is -0.690. The largest absolute Gasteiger partial charge is 0.415 e. The smallest absolute Gasteiger partial charge is 0.314 e. The third kappa shape index (κ3) is 3.42. The van der Waals surface area contributed by atoms with E-state index in [0.717, 1.165) is 11.4 Å². The van der Waals surface area contributed by atoms with Crippen LogP contribution in [0.4, 0.5) is 20.2 Å². The lowest BCUT2D eigenvalue weighted by Gasteiger charge is -2.08. The number of hydrogen-bond acceptors (Lipinski definition) is 6. The Bertz CT molecular complexity index is 789. The van der Waals surface area contributed by atoms with E-state index < -0.39 is 12.3 Å². The predicted molar refractivity (Wildman–Crippen MR) is 80.7 cm³/mol. The third-order valence-electron chi connectivity index (χ3n) is 3.12.